The van der Waals surface area contributed by atoms with Crippen LogP contribution in [0.5, 0.6) is 0 Å². The third-order valence-electron chi connectivity index (χ3n) is 1.84. The van der Waals surface area contributed by atoms with Crippen LogP contribution in [0.1, 0.15) is 27.7 Å². The first kappa shape index (κ1) is 15.3. The molecule has 5 nitrogen and oxygen atoms in total. The van der Waals surface area contributed by atoms with Gasteiger partial charge in [0.2, 0.25) is 0 Å². The van der Waals surface area contributed by atoms with E-state index in [1.807, 2.05) is 0 Å². The van der Waals surface area contributed by atoms with Crippen molar-refractivity contribution in [3.8, 4) is 0 Å². The molecule has 0 unspecified atom stereocenters. The van der Waals surface area contributed by atoms with Crippen LogP contribution in [0.2, 0.25) is 0 Å². The minimum atomic E-state index is -0.448. The second-order valence-electron chi connectivity index (χ2n) is 3.92. The molecule has 0 amide bonds. The summed E-state index contributed by atoms with van der Waals surface area (Å²) >= 11 is 0. The van der Waals surface area contributed by atoms with Crippen LogP contribution in [0.4, 0.5) is 0 Å². The molecule has 0 radical (unpaired) electrons. The highest BCUT2D eigenvalue weighted by molar-refractivity contribution is 5.92. The Bertz CT molecular complexity index is 308. The largest absolute Gasteiger partial charge is 0.461 e. The summed E-state index contributed by atoms with van der Waals surface area (Å²) in [7, 11) is 0. The van der Waals surface area contributed by atoms with Gasteiger partial charge in [0, 0.05) is 25.3 Å². The maximum absolute atomic E-state index is 11.5. The average molecular weight is 242 g/mol. The van der Waals surface area contributed by atoms with Crippen molar-refractivity contribution in [3.63, 3.8) is 0 Å². The maximum atomic E-state index is 11.5. The number of hydrogen-bond acceptors (Lipinski definition) is 5. The summed E-state index contributed by atoms with van der Waals surface area (Å²) in [5, 5.41) is 0. The van der Waals surface area contributed by atoms with Gasteiger partial charge in [-0.2, -0.15) is 0 Å². The molecule has 0 aliphatic rings. The third kappa shape index (κ3) is 8.19. The maximum Gasteiger partial charge on any atom is 0.302 e. The predicted octanol–water partition coefficient (Wildman–Crippen LogP) is 1.26. The Labute approximate surface area is 101 Å². The molecule has 5 heteroatoms. The number of esters is 2. The van der Waals surface area contributed by atoms with Gasteiger partial charge in [0.25, 0.3) is 0 Å². The average Bonchev–Trinajstić information content (AvgIpc) is 2.21. The Morgan fingerprint density at radius 1 is 1.00 bits per heavy atom. The van der Waals surface area contributed by atoms with Crippen molar-refractivity contribution in [1.29, 1.82) is 0 Å². The molecule has 0 N–H and O–H groups in total. The number of hydrogen-bond donors (Lipinski definition) is 0. The second-order valence-corrected chi connectivity index (χ2v) is 3.92. The molecule has 0 aromatic heterocycles. The Morgan fingerprint density at radius 2 is 1.41 bits per heavy atom. The predicted molar refractivity (Wildman–Crippen MR) is 61.2 cm³/mol. The molecule has 0 aromatic carbocycles. The topological polar surface area (TPSA) is 69.7 Å². The molecule has 0 rings (SSSR count). The lowest BCUT2D eigenvalue weighted by molar-refractivity contribution is -0.141. The van der Waals surface area contributed by atoms with E-state index in [0.717, 1.165) is 0 Å². The first-order chi connectivity index (χ1) is 7.82. The Hall–Kier alpha value is -1.65. The van der Waals surface area contributed by atoms with E-state index in [2.05, 4.69) is 0 Å². The van der Waals surface area contributed by atoms with Gasteiger partial charge in [0.15, 0.2) is 5.78 Å². The second kappa shape index (κ2) is 7.60. The monoisotopic (exact) mass is 242 g/mol. The number of carbonyl (C=O) groups is 3. The Morgan fingerprint density at radius 3 is 1.71 bits per heavy atom. The van der Waals surface area contributed by atoms with Gasteiger partial charge in [-0.3, -0.25) is 14.4 Å². The zero-order valence-electron chi connectivity index (χ0n) is 10.6. The molecule has 0 aliphatic heterocycles. The van der Waals surface area contributed by atoms with Crippen LogP contribution < -0.4 is 0 Å². The molecule has 0 saturated heterocycles. The molecule has 0 spiro atoms. The first-order valence-electron chi connectivity index (χ1n) is 5.33. The van der Waals surface area contributed by atoms with Crippen molar-refractivity contribution in [3.05, 3.63) is 11.6 Å². The highest BCUT2D eigenvalue weighted by Crippen LogP contribution is 2.03. The molecule has 0 atom stereocenters. The van der Waals surface area contributed by atoms with Gasteiger partial charge in [0.1, 0.15) is 13.2 Å². The Kier molecular flexibility index (Phi) is 6.86. The molecule has 0 bridgehead atoms. The van der Waals surface area contributed by atoms with Gasteiger partial charge in [-0.15, -0.1) is 0 Å². The molecule has 0 aliphatic carbocycles. The van der Waals surface area contributed by atoms with Crippen LogP contribution in [-0.4, -0.2) is 30.9 Å². The van der Waals surface area contributed by atoms with Crippen molar-refractivity contribution >= 4 is 17.7 Å². The van der Waals surface area contributed by atoms with Gasteiger partial charge in [0.05, 0.1) is 0 Å². The van der Waals surface area contributed by atoms with Crippen LogP contribution in [0.15, 0.2) is 11.6 Å². The van der Waals surface area contributed by atoms with E-state index in [-0.39, 0.29) is 24.9 Å². The Balaban J connectivity index is 4.53. The first-order valence-corrected chi connectivity index (χ1v) is 5.33. The number of ether oxygens (including phenoxy) is 2. The lowest BCUT2D eigenvalue weighted by atomic mass is 10.1. The van der Waals surface area contributed by atoms with E-state index >= 15 is 0 Å². The van der Waals surface area contributed by atoms with Crippen molar-refractivity contribution < 1.29 is 23.9 Å². The highest BCUT2D eigenvalue weighted by Gasteiger charge is 2.09. The number of rotatable bonds is 6. The SMILES string of the molecule is CC(=O)OCC(=CC(=O)C(C)C)COC(C)=O. The zero-order valence-corrected chi connectivity index (χ0v) is 10.6. The van der Waals surface area contributed by atoms with Crippen molar-refractivity contribution in [2.45, 2.75) is 27.7 Å². The van der Waals surface area contributed by atoms with E-state index in [1.165, 1.54) is 19.9 Å². The number of carbonyl (C=O) groups excluding carboxylic acids is 3. The summed E-state index contributed by atoms with van der Waals surface area (Å²) in [5.74, 6) is -1.15. The molecule has 0 heterocycles. The highest BCUT2D eigenvalue weighted by atomic mass is 16.5. The van der Waals surface area contributed by atoms with E-state index in [1.54, 1.807) is 13.8 Å². The lowest BCUT2D eigenvalue weighted by Gasteiger charge is -2.08. The molecular formula is C12H18O5. The third-order valence-corrected chi connectivity index (χ3v) is 1.84. The van der Waals surface area contributed by atoms with Gasteiger partial charge >= 0.3 is 11.9 Å². The van der Waals surface area contributed by atoms with Gasteiger partial charge in [-0.05, 0) is 6.08 Å². The van der Waals surface area contributed by atoms with Crippen LogP contribution in [0, 0.1) is 5.92 Å². The smallest absolute Gasteiger partial charge is 0.302 e. The summed E-state index contributed by atoms with van der Waals surface area (Å²) in [6, 6.07) is 0. The quantitative estimate of drug-likeness (QED) is 0.518. The lowest BCUT2D eigenvalue weighted by Crippen LogP contribution is -2.13. The van der Waals surface area contributed by atoms with Crippen molar-refractivity contribution in [2.24, 2.45) is 5.92 Å². The van der Waals surface area contributed by atoms with Crippen molar-refractivity contribution in [2.75, 3.05) is 13.2 Å². The molecule has 0 saturated carbocycles. The normalized spacial score (nSPS) is 9.71. The molecule has 17 heavy (non-hydrogen) atoms. The standard InChI is InChI=1S/C12H18O5/c1-8(2)12(15)5-11(6-16-9(3)13)7-17-10(4)14/h5,8H,6-7H2,1-4H3. The summed E-state index contributed by atoms with van der Waals surface area (Å²) in [6.45, 7) is 5.98. The van der Waals surface area contributed by atoms with Crippen LogP contribution in [-0.2, 0) is 23.9 Å². The van der Waals surface area contributed by atoms with Crippen molar-refractivity contribution in [1.82, 2.24) is 0 Å². The van der Waals surface area contributed by atoms with E-state index in [4.69, 9.17) is 9.47 Å². The van der Waals surface area contributed by atoms with E-state index in [9.17, 15) is 14.4 Å². The zero-order chi connectivity index (χ0) is 13.4. The van der Waals surface area contributed by atoms with E-state index in [0.29, 0.717) is 5.57 Å². The summed E-state index contributed by atoms with van der Waals surface area (Å²) < 4.78 is 9.53. The molecular weight excluding hydrogens is 224 g/mol. The minimum absolute atomic E-state index is 0.0406. The fourth-order valence-corrected chi connectivity index (χ4v) is 0.882. The summed E-state index contributed by atoms with van der Waals surface area (Å²) in [6.07, 6.45) is 1.36. The summed E-state index contributed by atoms with van der Waals surface area (Å²) in [4.78, 5) is 32.8. The molecule has 96 valence electrons. The van der Waals surface area contributed by atoms with Crippen LogP contribution in [0.25, 0.3) is 0 Å². The summed E-state index contributed by atoms with van der Waals surface area (Å²) in [5.41, 5.74) is 0.467. The molecule has 0 fully saturated rings. The molecule has 0 aromatic rings. The fourth-order valence-electron chi connectivity index (χ4n) is 0.882. The van der Waals surface area contributed by atoms with Gasteiger partial charge < -0.3 is 9.47 Å². The van der Waals surface area contributed by atoms with E-state index < -0.39 is 11.9 Å². The van der Waals surface area contributed by atoms with Gasteiger partial charge in [-0.25, -0.2) is 0 Å². The number of allylic oxidation sites excluding steroid dienone is 1. The van der Waals surface area contributed by atoms with Crippen LogP contribution in [0.3, 0.4) is 0 Å². The fraction of sp³-hybridized carbons (Fsp3) is 0.583. The van der Waals surface area contributed by atoms with Gasteiger partial charge in [-0.1, -0.05) is 13.8 Å². The number of ketones is 1. The van der Waals surface area contributed by atoms with Crippen LogP contribution >= 0.6 is 0 Å². The minimum Gasteiger partial charge on any atom is -0.461 e.